The summed E-state index contributed by atoms with van der Waals surface area (Å²) >= 11 is 4.39. The second-order valence-electron chi connectivity index (χ2n) is 4.45. The molecule has 0 aliphatic rings. The first-order valence-electron chi connectivity index (χ1n) is 6.43. The van der Waals surface area contributed by atoms with Crippen LogP contribution in [-0.2, 0) is 11.4 Å². The molecule has 120 valence electrons. The predicted molar refractivity (Wildman–Crippen MR) is 104 cm³/mol. The van der Waals surface area contributed by atoms with E-state index in [-0.39, 0.29) is 12.3 Å². The third kappa shape index (κ3) is 5.03. The van der Waals surface area contributed by atoms with Crippen LogP contribution < -0.4 is 4.74 Å². The summed E-state index contributed by atoms with van der Waals surface area (Å²) in [7, 11) is 1.63. The summed E-state index contributed by atoms with van der Waals surface area (Å²) in [6.45, 7) is 0.169. The highest BCUT2D eigenvalue weighted by Crippen LogP contribution is 2.28. The lowest BCUT2D eigenvalue weighted by Gasteiger charge is -2.06. The molecule has 0 aromatic heterocycles. The minimum absolute atomic E-state index is 0.0364. The lowest BCUT2D eigenvalue weighted by molar-refractivity contribution is -0.384. The fraction of sp³-hybridized carbons (Fsp3) is 0.133. The van der Waals surface area contributed by atoms with Crippen LogP contribution in [0, 0.1) is 17.3 Å². The number of rotatable bonds is 6. The monoisotopic (exact) mass is 538 g/mol. The quantitative estimate of drug-likeness (QED) is 0.237. The summed E-state index contributed by atoms with van der Waals surface area (Å²) < 4.78 is 7.27. The number of halogens is 2. The van der Waals surface area contributed by atoms with Crippen molar-refractivity contribution in [2.45, 2.75) is 6.61 Å². The molecule has 23 heavy (non-hydrogen) atoms. The van der Waals surface area contributed by atoms with Gasteiger partial charge in [-0.3, -0.25) is 10.1 Å². The van der Waals surface area contributed by atoms with Gasteiger partial charge in [0.05, 0.1) is 25.4 Å². The first kappa shape index (κ1) is 17.9. The molecule has 6 nitrogen and oxygen atoms in total. The Balaban J connectivity index is 2.00. The number of non-ortho nitro benzene ring substituents is 1. The van der Waals surface area contributed by atoms with E-state index in [1.807, 2.05) is 12.1 Å². The minimum Gasteiger partial charge on any atom is -0.495 e. The Bertz CT molecular complexity index is 727. The second kappa shape index (κ2) is 8.43. The van der Waals surface area contributed by atoms with Gasteiger partial charge in [-0.1, -0.05) is 17.3 Å². The molecule has 0 saturated heterocycles. The molecule has 0 aliphatic heterocycles. The SMILES string of the molecule is COc1c(I)cc(/C=N\OCc2cccc([N+](=O)[O-])c2)cc1I. The predicted octanol–water partition coefficient (Wildman–Crippen LogP) is 4.36. The van der Waals surface area contributed by atoms with Crippen LogP contribution >= 0.6 is 45.2 Å². The third-order valence-corrected chi connectivity index (χ3v) is 4.46. The highest BCUT2D eigenvalue weighted by molar-refractivity contribution is 14.1. The van der Waals surface area contributed by atoms with E-state index in [1.165, 1.54) is 12.1 Å². The van der Waals surface area contributed by atoms with Gasteiger partial charge in [-0.2, -0.15) is 0 Å². The summed E-state index contributed by atoms with van der Waals surface area (Å²) in [6.07, 6.45) is 1.60. The molecule has 0 amide bonds. The fourth-order valence-corrected chi connectivity index (χ4v) is 4.08. The highest BCUT2D eigenvalue weighted by Gasteiger charge is 2.07. The topological polar surface area (TPSA) is 74.0 Å². The smallest absolute Gasteiger partial charge is 0.269 e. The van der Waals surface area contributed by atoms with Crippen molar-refractivity contribution in [2.24, 2.45) is 5.16 Å². The van der Waals surface area contributed by atoms with Crippen molar-refractivity contribution < 1.29 is 14.5 Å². The van der Waals surface area contributed by atoms with Crippen molar-refractivity contribution in [3.8, 4) is 5.75 Å². The van der Waals surface area contributed by atoms with Gasteiger partial charge < -0.3 is 9.57 Å². The van der Waals surface area contributed by atoms with Gasteiger partial charge in [0.25, 0.3) is 5.69 Å². The maximum Gasteiger partial charge on any atom is 0.269 e. The Morgan fingerprint density at radius 3 is 2.57 bits per heavy atom. The van der Waals surface area contributed by atoms with Gasteiger partial charge in [0, 0.05) is 12.1 Å². The molecule has 0 N–H and O–H groups in total. The molecule has 0 spiro atoms. The van der Waals surface area contributed by atoms with Crippen LogP contribution in [-0.4, -0.2) is 18.2 Å². The van der Waals surface area contributed by atoms with Gasteiger partial charge in [-0.05, 0) is 68.4 Å². The lowest BCUT2D eigenvalue weighted by atomic mass is 10.2. The van der Waals surface area contributed by atoms with Gasteiger partial charge in [-0.15, -0.1) is 0 Å². The number of oxime groups is 1. The van der Waals surface area contributed by atoms with Gasteiger partial charge in [-0.25, -0.2) is 0 Å². The normalized spacial score (nSPS) is 10.7. The number of hydrogen-bond donors (Lipinski definition) is 0. The summed E-state index contributed by atoms with van der Waals surface area (Å²) in [5, 5.41) is 14.6. The number of nitrogens with zero attached hydrogens (tertiary/aromatic N) is 2. The lowest BCUT2D eigenvalue weighted by Crippen LogP contribution is -1.94. The molecule has 0 saturated carbocycles. The molecule has 0 aliphatic carbocycles. The summed E-state index contributed by atoms with van der Waals surface area (Å²) in [4.78, 5) is 15.5. The molecular weight excluding hydrogens is 526 g/mol. The van der Waals surface area contributed by atoms with Crippen LogP contribution in [0.5, 0.6) is 5.75 Å². The van der Waals surface area contributed by atoms with Crippen LogP contribution in [0.15, 0.2) is 41.6 Å². The summed E-state index contributed by atoms with van der Waals surface area (Å²) in [6, 6.07) is 10.1. The van der Waals surface area contributed by atoms with Crippen LogP contribution in [0.1, 0.15) is 11.1 Å². The van der Waals surface area contributed by atoms with Crippen molar-refractivity contribution in [1.29, 1.82) is 0 Å². The van der Waals surface area contributed by atoms with Crippen molar-refractivity contribution in [2.75, 3.05) is 7.11 Å². The second-order valence-corrected chi connectivity index (χ2v) is 6.78. The van der Waals surface area contributed by atoms with Crippen LogP contribution in [0.25, 0.3) is 0 Å². The Morgan fingerprint density at radius 2 is 1.96 bits per heavy atom. The Kier molecular flexibility index (Phi) is 6.57. The number of methoxy groups -OCH3 is 1. The average molecular weight is 538 g/mol. The molecular formula is C15H12I2N2O4. The van der Waals surface area contributed by atoms with E-state index in [1.54, 1.807) is 25.5 Å². The van der Waals surface area contributed by atoms with E-state index in [9.17, 15) is 10.1 Å². The molecule has 0 unspecified atom stereocenters. The number of hydrogen-bond acceptors (Lipinski definition) is 5. The summed E-state index contributed by atoms with van der Waals surface area (Å²) in [5.41, 5.74) is 1.61. The molecule has 2 aromatic rings. The number of nitro groups is 1. The fourth-order valence-electron chi connectivity index (χ4n) is 1.82. The zero-order valence-corrected chi connectivity index (χ0v) is 16.3. The van der Waals surface area contributed by atoms with Crippen molar-refractivity contribution in [1.82, 2.24) is 0 Å². The van der Waals surface area contributed by atoms with Crippen molar-refractivity contribution in [3.05, 3.63) is 64.8 Å². The van der Waals surface area contributed by atoms with Crippen LogP contribution in [0.3, 0.4) is 0 Å². The average Bonchev–Trinajstić information content (AvgIpc) is 2.51. The maximum absolute atomic E-state index is 10.7. The Labute approximate surface area is 160 Å². The zero-order valence-electron chi connectivity index (χ0n) is 12.0. The highest BCUT2D eigenvalue weighted by atomic mass is 127. The number of ether oxygens (including phenoxy) is 1. The largest absolute Gasteiger partial charge is 0.495 e. The molecule has 0 bridgehead atoms. The first-order valence-corrected chi connectivity index (χ1v) is 8.58. The number of benzene rings is 2. The van der Waals surface area contributed by atoms with Gasteiger partial charge >= 0.3 is 0 Å². The molecule has 0 atom stereocenters. The van der Waals surface area contributed by atoms with Crippen molar-refractivity contribution in [3.63, 3.8) is 0 Å². The first-order chi connectivity index (χ1) is 11.0. The van der Waals surface area contributed by atoms with Gasteiger partial charge in [0.1, 0.15) is 12.4 Å². The molecule has 2 rings (SSSR count). The van der Waals surface area contributed by atoms with Crippen molar-refractivity contribution >= 4 is 57.1 Å². The third-order valence-electron chi connectivity index (χ3n) is 2.85. The Hall–Kier alpha value is -1.43. The molecule has 0 heterocycles. The number of nitro benzene ring substituents is 1. The van der Waals surface area contributed by atoms with Gasteiger partial charge in [0.15, 0.2) is 0 Å². The van der Waals surface area contributed by atoms with E-state index in [4.69, 9.17) is 9.57 Å². The Morgan fingerprint density at radius 1 is 1.26 bits per heavy atom. The van der Waals surface area contributed by atoms with Crippen LogP contribution in [0.2, 0.25) is 0 Å². The van der Waals surface area contributed by atoms with E-state index in [2.05, 4.69) is 50.3 Å². The van der Waals surface area contributed by atoms with Gasteiger partial charge in [0.2, 0.25) is 0 Å². The van der Waals surface area contributed by atoms with E-state index in [0.29, 0.717) is 5.56 Å². The van der Waals surface area contributed by atoms with Crippen LogP contribution in [0.4, 0.5) is 5.69 Å². The standard InChI is InChI=1S/C15H12I2N2O4/c1-22-15-13(16)6-11(7-14(15)17)8-18-23-9-10-3-2-4-12(5-10)19(20)21/h2-8H,9H2,1H3/b18-8-. The molecule has 2 aromatic carbocycles. The van der Waals surface area contributed by atoms with E-state index in [0.717, 1.165) is 18.5 Å². The van der Waals surface area contributed by atoms with E-state index < -0.39 is 4.92 Å². The zero-order chi connectivity index (χ0) is 16.8. The molecule has 0 fully saturated rings. The summed E-state index contributed by atoms with van der Waals surface area (Å²) in [5.74, 6) is 0.834. The van der Waals surface area contributed by atoms with E-state index >= 15 is 0 Å². The molecule has 0 radical (unpaired) electrons. The maximum atomic E-state index is 10.7. The molecule has 8 heteroatoms. The minimum atomic E-state index is -0.437.